The number of hydrogen-bond acceptors (Lipinski definition) is 4. The van der Waals surface area contributed by atoms with Crippen molar-refractivity contribution in [1.82, 2.24) is 19.0 Å². The first-order chi connectivity index (χ1) is 12.4. The van der Waals surface area contributed by atoms with Gasteiger partial charge in [-0.1, -0.05) is 22.0 Å². The third-order valence-electron chi connectivity index (χ3n) is 4.13. The van der Waals surface area contributed by atoms with Crippen LogP contribution in [-0.4, -0.2) is 59.5 Å². The summed E-state index contributed by atoms with van der Waals surface area (Å²) in [7, 11) is -1.74. The molecule has 0 saturated carbocycles. The highest BCUT2D eigenvalue weighted by atomic mass is 79.9. The van der Waals surface area contributed by atoms with Crippen molar-refractivity contribution in [2.45, 2.75) is 4.90 Å². The van der Waals surface area contributed by atoms with Gasteiger partial charge in [0.1, 0.15) is 0 Å². The van der Waals surface area contributed by atoms with E-state index in [1.54, 1.807) is 46.1 Å². The Morgan fingerprint density at radius 3 is 2.58 bits per heavy atom. The third kappa shape index (κ3) is 4.22. The van der Waals surface area contributed by atoms with Gasteiger partial charge in [0.2, 0.25) is 15.9 Å². The van der Waals surface area contributed by atoms with Crippen molar-refractivity contribution in [3.05, 3.63) is 52.8 Å². The number of aromatic nitrogens is 2. The van der Waals surface area contributed by atoms with E-state index in [4.69, 9.17) is 0 Å². The molecule has 1 aliphatic heterocycles. The summed E-state index contributed by atoms with van der Waals surface area (Å²) < 4.78 is 29.2. The number of hydrogen-bond donors (Lipinski definition) is 0. The highest BCUT2D eigenvalue weighted by Gasteiger charge is 2.29. The molecule has 1 aromatic heterocycles. The molecule has 1 amide bonds. The van der Waals surface area contributed by atoms with Crippen LogP contribution in [0, 0.1) is 0 Å². The molecule has 9 heteroatoms. The van der Waals surface area contributed by atoms with Crippen LogP contribution < -0.4 is 0 Å². The average Bonchev–Trinajstić information content (AvgIpc) is 3.05. The summed E-state index contributed by atoms with van der Waals surface area (Å²) in [5, 5.41) is 4.04. The van der Waals surface area contributed by atoms with Gasteiger partial charge < -0.3 is 4.90 Å². The van der Waals surface area contributed by atoms with Crippen LogP contribution in [0.5, 0.6) is 0 Å². The number of amides is 1. The zero-order chi connectivity index (χ0) is 18.7. The Morgan fingerprint density at radius 1 is 1.23 bits per heavy atom. The Labute approximate surface area is 161 Å². The molecule has 0 atom stereocenters. The van der Waals surface area contributed by atoms with Gasteiger partial charge in [-0.2, -0.15) is 9.40 Å². The summed E-state index contributed by atoms with van der Waals surface area (Å²) in [6.07, 6.45) is 6.69. The van der Waals surface area contributed by atoms with Crippen LogP contribution in [0.25, 0.3) is 6.08 Å². The van der Waals surface area contributed by atoms with E-state index in [1.165, 1.54) is 10.4 Å². The van der Waals surface area contributed by atoms with Crippen LogP contribution in [0.4, 0.5) is 0 Å². The Balaban J connectivity index is 1.61. The fourth-order valence-corrected chi connectivity index (χ4v) is 4.74. The summed E-state index contributed by atoms with van der Waals surface area (Å²) in [6.45, 7) is 1.29. The quantitative estimate of drug-likeness (QED) is 0.681. The highest BCUT2D eigenvalue weighted by Crippen LogP contribution is 2.21. The predicted molar refractivity (Wildman–Crippen MR) is 102 cm³/mol. The smallest absolute Gasteiger partial charge is 0.246 e. The summed E-state index contributed by atoms with van der Waals surface area (Å²) in [4.78, 5) is 14.2. The van der Waals surface area contributed by atoms with Gasteiger partial charge in [-0.15, -0.1) is 0 Å². The number of benzene rings is 1. The van der Waals surface area contributed by atoms with Gasteiger partial charge in [0.15, 0.2) is 0 Å². The number of nitrogens with zero attached hydrogens (tertiary/aromatic N) is 4. The molecule has 26 heavy (non-hydrogen) atoms. The molecule has 3 rings (SSSR count). The van der Waals surface area contributed by atoms with E-state index in [9.17, 15) is 13.2 Å². The predicted octanol–water partition coefficient (Wildman–Crippen LogP) is 1.73. The second-order valence-corrected chi connectivity index (χ2v) is 8.82. The van der Waals surface area contributed by atoms with Gasteiger partial charge in [-0.25, -0.2) is 8.42 Å². The molecule has 138 valence electrons. The standard InChI is InChI=1S/C17H19BrN4O3S/c1-20-13-14(12-19-20)5-6-17(23)21-7-9-22(10-8-21)26(24,25)16-4-2-3-15(18)11-16/h2-6,11-13H,7-10H2,1H3. The van der Waals surface area contributed by atoms with Crippen LogP contribution >= 0.6 is 15.9 Å². The van der Waals surface area contributed by atoms with Gasteiger partial charge in [-0.3, -0.25) is 9.48 Å². The summed E-state index contributed by atoms with van der Waals surface area (Å²) in [5.41, 5.74) is 0.844. The molecule has 7 nitrogen and oxygen atoms in total. The average molecular weight is 439 g/mol. The Bertz CT molecular complexity index is 931. The molecule has 0 aliphatic carbocycles. The second kappa shape index (κ2) is 7.73. The Kier molecular flexibility index (Phi) is 5.59. The number of sulfonamides is 1. The van der Waals surface area contributed by atoms with Gasteiger partial charge in [-0.05, 0) is 24.3 Å². The molecule has 0 spiro atoms. The number of halogens is 1. The maximum Gasteiger partial charge on any atom is 0.246 e. The number of rotatable bonds is 4. The summed E-state index contributed by atoms with van der Waals surface area (Å²) in [5.74, 6) is -0.131. The molecule has 1 aromatic carbocycles. The SMILES string of the molecule is Cn1cc(C=CC(=O)N2CCN(S(=O)(=O)c3cccc(Br)c3)CC2)cn1. The van der Waals surface area contributed by atoms with Crippen LogP contribution in [-0.2, 0) is 21.9 Å². The van der Waals surface area contributed by atoms with E-state index >= 15 is 0 Å². The number of carbonyl (C=O) groups is 1. The topological polar surface area (TPSA) is 75.5 Å². The molecule has 0 unspecified atom stereocenters. The lowest BCUT2D eigenvalue weighted by Gasteiger charge is -2.33. The molecule has 0 radical (unpaired) electrons. The summed E-state index contributed by atoms with van der Waals surface area (Å²) >= 11 is 3.30. The molecule has 0 N–H and O–H groups in total. The van der Waals surface area contributed by atoms with Crippen LogP contribution in [0.3, 0.4) is 0 Å². The number of aryl methyl sites for hydroxylation is 1. The molecule has 1 saturated heterocycles. The first-order valence-electron chi connectivity index (χ1n) is 8.07. The van der Waals surface area contributed by atoms with E-state index in [1.807, 2.05) is 13.2 Å². The van der Waals surface area contributed by atoms with Crippen molar-refractivity contribution in [2.24, 2.45) is 7.05 Å². The van der Waals surface area contributed by atoms with Crippen molar-refractivity contribution in [3.63, 3.8) is 0 Å². The largest absolute Gasteiger partial charge is 0.337 e. The molecule has 1 aliphatic rings. The normalized spacial score (nSPS) is 16.3. The molecule has 2 aromatic rings. The minimum absolute atomic E-state index is 0.131. The zero-order valence-corrected chi connectivity index (χ0v) is 16.6. The van der Waals surface area contributed by atoms with E-state index in [0.29, 0.717) is 17.6 Å². The van der Waals surface area contributed by atoms with E-state index in [2.05, 4.69) is 21.0 Å². The fraction of sp³-hybridized carbons (Fsp3) is 0.294. The first kappa shape index (κ1) is 18.8. The maximum atomic E-state index is 12.7. The van der Waals surface area contributed by atoms with E-state index in [0.717, 1.165) is 5.56 Å². The van der Waals surface area contributed by atoms with E-state index < -0.39 is 10.0 Å². The highest BCUT2D eigenvalue weighted by molar-refractivity contribution is 9.10. The number of piperazine rings is 1. The fourth-order valence-electron chi connectivity index (χ4n) is 2.72. The third-order valence-corrected chi connectivity index (χ3v) is 6.52. The lowest BCUT2D eigenvalue weighted by molar-refractivity contribution is -0.127. The van der Waals surface area contributed by atoms with Crippen molar-refractivity contribution < 1.29 is 13.2 Å². The van der Waals surface area contributed by atoms with Crippen molar-refractivity contribution in [3.8, 4) is 0 Å². The molecule has 1 fully saturated rings. The zero-order valence-electron chi connectivity index (χ0n) is 14.2. The first-order valence-corrected chi connectivity index (χ1v) is 10.3. The van der Waals surface area contributed by atoms with Gasteiger partial charge >= 0.3 is 0 Å². The molecule has 2 heterocycles. The van der Waals surface area contributed by atoms with Gasteiger partial charge in [0, 0.05) is 55.5 Å². The summed E-state index contributed by atoms with van der Waals surface area (Å²) in [6, 6.07) is 6.64. The Hall–Kier alpha value is -1.97. The minimum Gasteiger partial charge on any atom is -0.337 e. The maximum absolute atomic E-state index is 12.7. The van der Waals surface area contributed by atoms with Crippen molar-refractivity contribution in [2.75, 3.05) is 26.2 Å². The van der Waals surface area contributed by atoms with Gasteiger partial charge in [0.25, 0.3) is 0 Å². The molecular formula is C17H19BrN4O3S. The molecule has 0 bridgehead atoms. The van der Waals surface area contributed by atoms with Crippen molar-refractivity contribution >= 4 is 37.9 Å². The van der Waals surface area contributed by atoms with Gasteiger partial charge in [0.05, 0.1) is 11.1 Å². The van der Waals surface area contributed by atoms with Crippen LogP contribution in [0.2, 0.25) is 0 Å². The molecular weight excluding hydrogens is 420 g/mol. The van der Waals surface area contributed by atoms with E-state index in [-0.39, 0.29) is 23.9 Å². The minimum atomic E-state index is -3.55. The lowest BCUT2D eigenvalue weighted by atomic mass is 10.3. The van der Waals surface area contributed by atoms with Crippen LogP contribution in [0.15, 0.2) is 52.1 Å². The Morgan fingerprint density at radius 2 is 1.96 bits per heavy atom. The lowest BCUT2D eigenvalue weighted by Crippen LogP contribution is -2.50. The second-order valence-electron chi connectivity index (χ2n) is 5.97. The number of carbonyl (C=O) groups excluding carboxylic acids is 1. The monoisotopic (exact) mass is 438 g/mol. The van der Waals surface area contributed by atoms with Crippen molar-refractivity contribution in [1.29, 1.82) is 0 Å². The van der Waals surface area contributed by atoms with Crippen LogP contribution in [0.1, 0.15) is 5.56 Å².